The lowest BCUT2D eigenvalue weighted by molar-refractivity contribution is -0.122. The minimum Gasteiger partial charge on any atom is -0.323 e. The quantitative estimate of drug-likeness (QED) is 0.662. The summed E-state index contributed by atoms with van der Waals surface area (Å²) < 4.78 is 26.7. The van der Waals surface area contributed by atoms with E-state index in [2.05, 4.69) is 15.3 Å². The first-order chi connectivity index (χ1) is 15.5. The third-order valence-corrected chi connectivity index (χ3v) is 7.64. The number of hydrogen-bond donors (Lipinski definition) is 1. The highest BCUT2D eigenvalue weighted by Gasteiger charge is 2.35. The van der Waals surface area contributed by atoms with Crippen LogP contribution in [0.1, 0.15) is 46.9 Å². The van der Waals surface area contributed by atoms with Gasteiger partial charge in [0.2, 0.25) is 21.8 Å². The largest absolute Gasteiger partial charge is 0.323 e. The summed E-state index contributed by atoms with van der Waals surface area (Å²) in [6, 6.07) is 6.21. The van der Waals surface area contributed by atoms with Gasteiger partial charge < -0.3 is 10.2 Å². The Morgan fingerprint density at radius 1 is 1.12 bits per heavy atom. The number of anilines is 2. The molecule has 178 valence electrons. The lowest BCUT2D eigenvalue weighted by atomic mass is 9.96. The fourth-order valence-corrected chi connectivity index (χ4v) is 5.13. The maximum Gasteiger partial charge on any atom is 0.243 e. The molecule has 0 radical (unpaired) electrons. The topological polar surface area (TPSA) is 113 Å². The molecule has 1 aliphatic heterocycles. The lowest BCUT2D eigenvalue weighted by Crippen LogP contribution is -2.31. The normalized spacial score (nSPS) is 17.0. The predicted molar refractivity (Wildman–Crippen MR) is 126 cm³/mol. The molecule has 1 saturated heterocycles. The van der Waals surface area contributed by atoms with Gasteiger partial charge in [0.05, 0.1) is 28.9 Å². The van der Waals surface area contributed by atoms with Crippen LogP contribution in [0.3, 0.4) is 0 Å². The van der Waals surface area contributed by atoms with Crippen LogP contribution < -0.4 is 10.2 Å². The van der Waals surface area contributed by atoms with E-state index in [1.807, 2.05) is 20.8 Å². The summed E-state index contributed by atoms with van der Waals surface area (Å²) in [6.07, 6.45) is 3.20. The molecule has 1 atom stereocenters. The molecular weight excluding hydrogens is 442 g/mol. The third kappa shape index (κ3) is 5.39. The molecule has 0 aliphatic carbocycles. The van der Waals surface area contributed by atoms with Crippen molar-refractivity contribution in [1.82, 2.24) is 14.3 Å². The molecule has 9 nitrogen and oxygen atoms in total. The minimum atomic E-state index is -3.57. The van der Waals surface area contributed by atoms with Gasteiger partial charge in [-0.25, -0.2) is 18.4 Å². The number of amides is 2. The zero-order valence-corrected chi connectivity index (χ0v) is 20.5. The third-order valence-electron chi connectivity index (χ3n) is 5.58. The molecule has 2 aromatic rings. The van der Waals surface area contributed by atoms with Crippen LogP contribution in [-0.2, 0) is 25.0 Å². The van der Waals surface area contributed by atoms with Gasteiger partial charge in [-0.1, -0.05) is 34.6 Å². The summed E-state index contributed by atoms with van der Waals surface area (Å²) in [7, 11) is -3.57. The van der Waals surface area contributed by atoms with E-state index in [0.717, 1.165) is 0 Å². The first kappa shape index (κ1) is 24.8. The maximum atomic E-state index is 12.7. The molecule has 0 saturated carbocycles. The van der Waals surface area contributed by atoms with Gasteiger partial charge in [0.25, 0.3) is 0 Å². The second-order valence-corrected chi connectivity index (χ2v) is 11.0. The average molecular weight is 474 g/mol. The van der Waals surface area contributed by atoms with Gasteiger partial charge in [0, 0.05) is 37.2 Å². The van der Waals surface area contributed by atoms with Crippen molar-refractivity contribution in [2.24, 2.45) is 5.92 Å². The van der Waals surface area contributed by atoms with Crippen molar-refractivity contribution < 1.29 is 18.0 Å². The SMILES string of the molecule is CCN(CC)S(=O)(=O)c1ccc(N2CC(C(=O)Nc3cnc(C(C)(C)C)nc3)CC2=O)cc1. The molecule has 1 N–H and O–H groups in total. The van der Waals surface area contributed by atoms with Gasteiger partial charge in [0.15, 0.2) is 0 Å². The van der Waals surface area contributed by atoms with E-state index in [0.29, 0.717) is 30.3 Å². The van der Waals surface area contributed by atoms with Gasteiger partial charge in [-0.15, -0.1) is 0 Å². The Morgan fingerprint density at radius 2 is 1.70 bits per heavy atom. The number of benzene rings is 1. The highest BCUT2D eigenvalue weighted by molar-refractivity contribution is 7.89. The molecule has 1 aliphatic rings. The van der Waals surface area contributed by atoms with Crippen molar-refractivity contribution in [3.05, 3.63) is 42.5 Å². The number of carbonyl (C=O) groups is 2. The second kappa shape index (κ2) is 9.56. The van der Waals surface area contributed by atoms with Crippen LogP contribution in [0.15, 0.2) is 41.6 Å². The highest BCUT2D eigenvalue weighted by Crippen LogP contribution is 2.28. The predicted octanol–water partition coefficient (Wildman–Crippen LogP) is 2.80. The summed E-state index contributed by atoms with van der Waals surface area (Å²) in [6.45, 7) is 10.6. The Labute approximate surface area is 195 Å². The number of hydrogen-bond acceptors (Lipinski definition) is 6. The lowest BCUT2D eigenvalue weighted by Gasteiger charge is -2.20. The molecular formula is C23H31N5O4S. The standard InChI is InChI=1S/C23H31N5O4S/c1-6-27(7-2)33(31,32)19-10-8-18(9-11-19)28-15-16(12-20(28)29)21(30)26-17-13-24-22(25-14-17)23(3,4)5/h8-11,13-14,16H,6-7,12,15H2,1-5H3,(H,26,30). The molecule has 1 unspecified atom stereocenters. The van der Waals surface area contributed by atoms with Gasteiger partial charge in [-0.3, -0.25) is 9.59 Å². The van der Waals surface area contributed by atoms with Crippen LogP contribution in [0, 0.1) is 5.92 Å². The van der Waals surface area contributed by atoms with E-state index >= 15 is 0 Å². The summed E-state index contributed by atoms with van der Waals surface area (Å²) in [4.78, 5) is 35.6. The summed E-state index contributed by atoms with van der Waals surface area (Å²) in [5.74, 6) is -0.319. The average Bonchev–Trinajstić information content (AvgIpc) is 3.16. The Hall–Kier alpha value is -2.85. The van der Waals surface area contributed by atoms with E-state index in [1.54, 1.807) is 38.4 Å². The van der Waals surface area contributed by atoms with Crippen molar-refractivity contribution >= 4 is 33.2 Å². The van der Waals surface area contributed by atoms with Gasteiger partial charge in [-0.2, -0.15) is 4.31 Å². The zero-order chi connectivity index (χ0) is 24.4. The fourth-order valence-electron chi connectivity index (χ4n) is 3.67. The number of nitrogens with one attached hydrogen (secondary N) is 1. The molecule has 10 heteroatoms. The molecule has 0 bridgehead atoms. The number of nitrogens with zero attached hydrogens (tertiary/aromatic N) is 4. The Bertz CT molecular complexity index is 1110. The molecule has 1 fully saturated rings. The molecule has 0 spiro atoms. The Morgan fingerprint density at radius 3 is 2.21 bits per heavy atom. The number of sulfonamides is 1. The summed E-state index contributed by atoms with van der Waals surface area (Å²) in [5.41, 5.74) is 0.845. The Balaban J connectivity index is 1.68. The maximum absolute atomic E-state index is 12.7. The zero-order valence-electron chi connectivity index (χ0n) is 19.7. The van der Waals surface area contributed by atoms with Crippen molar-refractivity contribution in [2.75, 3.05) is 29.9 Å². The number of aromatic nitrogens is 2. The number of rotatable bonds is 7. The van der Waals surface area contributed by atoms with Crippen LogP contribution in [0.4, 0.5) is 11.4 Å². The van der Waals surface area contributed by atoms with Crippen molar-refractivity contribution in [2.45, 2.75) is 51.3 Å². The van der Waals surface area contributed by atoms with Crippen LogP contribution in [0.5, 0.6) is 0 Å². The smallest absolute Gasteiger partial charge is 0.243 e. The van der Waals surface area contributed by atoms with Crippen LogP contribution in [0.25, 0.3) is 0 Å². The molecule has 2 heterocycles. The number of carbonyl (C=O) groups excluding carboxylic acids is 2. The van der Waals surface area contributed by atoms with Crippen LogP contribution >= 0.6 is 0 Å². The molecule has 2 amide bonds. The van der Waals surface area contributed by atoms with E-state index in [4.69, 9.17) is 0 Å². The van der Waals surface area contributed by atoms with Crippen LogP contribution in [0.2, 0.25) is 0 Å². The molecule has 1 aromatic heterocycles. The van der Waals surface area contributed by atoms with Crippen molar-refractivity contribution in [3.63, 3.8) is 0 Å². The van der Waals surface area contributed by atoms with Gasteiger partial charge >= 0.3 is 0 Å². The first-order valence-corrected chi connectivity index (χ1v) is 12.4. The Kier molecular flexibility index (Phi) is 7.18. The van der Waals surface area contributed by atoms with Crippen LogP contribution in [-0.4, -0.2) is 54.1 Å². The van der Waals surface area contributed by atoms with Gasteiger partial charge in [0.1, 0.15) is 5.82 Å². The first-order valence-electron chi connectivity index (χ1n) is 11.0. The van der Waals surface area contributed by atoms with E-state index in [-0.39, 0.29) is 35.1 Å². The second-order valence-electron chi connectivity index (χ2n) is 9.02. The highest BCUT2D eigenvalue weighted by atomic mass is 32.2. The fraction of sp³-hybridized carbons (Fsp3) is 0.478. The van der Waals surface area contributed by atoms with Crippen molar-refractivity contribution in [3.8, 4) is 0 Å². The van der Waals surface area contributed by atoms with E-state index < -0.39 is 15.9 Å². The minimum absolute atomic E-state index is 0.0757. The van der Waals surface area contributed by atoms with E-state index in [9.17, 15) is 18.0 Å². The monoisotopic (exact) mass is 473 g/mol. The molecule has 33 heavy (non-hydrogen) atoms. The summed E-state index contributed by atoms with van der Waals surface area (Å²) in [5, 5.41) is 2.78. The summed E-state index contributed by atoms with van der Waals surface area (Å²) >= 11 is 0. The molecule has 1 aromatic carbocycles. The molecule has 3 rings (SSSR count). The van der Waals surface area contributed by atoms with E-state index in [1.165, 1.54) is 21.3 Å². The van der Waals surface area contributed by atoms with Gasteiger partial charge in [-0.05, 0) is 24.3 Å². The van der Waals surface area contributed by atoms with Crippen molar-refractivity contribution in [1.29, 1.82) is 0 Å².